The summed E-state index contributed by atoms with van der Waals surface area (Å²) in [6, 6.07) is 8.55. The first-order chi connectivity index (χ1) is 10.9. The van der Waals surface area contributed by atoms with Crippen LogP contribution in [0.4, 0.5) is 0 Å². The lowest BCUT2D eigenvalue weighted by Gasteiger charge is -2.32. The maximum absolute atomic E-state index is 13.0. The molecule has 3 nitrogen and oxygen atoms in total. The van der Waals surface area contributed by atoms with E-state index in [1.807, 2.05) is 0 Å². The fourth-order valence-corrected chi connectivity index (χ4v) is 3.58. The molecule has 1 heterocycles. The Bertz CT molecular complexity index is 550. The first-order valence-electron chi connectivity index (χ1n) is 9.08. The molecule has 126 valence electrons. The number of nitrogens with zero attached hydrogens (tertiary/aromatic N) is 1. The second-order valence-corrected chi connectivity index (χ2v) is 8.07. The van der Waals surface area contributed by atoms with E-state index in [4.69, 9.17) is 5.73 Å². The first-order valence-corrected chi connectivity index (χ1v) is 9.08. The molecule has 1 aliphatic heterocycles. The minimum Gasteiger partial charge on any atom is -0.342 e. The lowest BCUT2D eigenvalue weighted by Crippen LogP contribution is -2.43. The number of nitrogens with two attached hydrogens (primary N) is 1. The van der Waals surface area contributed by atoms with Gasteiger partial charge in [-0.25, -0.2) is 0 Å². The molecule has 1 saturated carbocycles. The van der Waals surface area contributed by atoms with E-state index in [9.17, 15) is 4.79 Å². The summed E-state index contributed by atoms with van der Waals surface area (Å²) in [6.45, 7) is 5.94. The van der Waals surface area contributed by atoms with E-state index in [0.29, 0.717) is 0 Å². The van der Waals surface area contributed by atoms with E-state index >= 15 is 0 Å². The van der Waals surface area contributed by atoms with Crippen molar-refractivity contribution in [2.24, 2.45) is 5.73 Å². The number of hydrogen-bond donors (Lipinski definition) is 1. The van der Waals surface area contributed by atoms with Crippen LogP contribution in [0.3, 0.4) is 0 Å². The molecule has 1 aliphatic carbocycles. The number of carbonyl (C=O) groups is 1. The van der Waals surface area contributed by atoms with Crippen molar-refractivity contribution in [3.8, 4) is 0 Å². The molecule has 0 radical (unpaired) electrons. The highest BCUT2D eigenvalue weighted by Crippen LogP contribution is 2.36. The molecule has 0 bridgehead atoms. The molecule has 3 heteroatoms. The van der Waals surface area contributed by atoms with E-state index in [1.165, 1.54) is 18.4 Å². The van der Waals surface area contributed by atoms with Crippen LogP contribution in [0.15, 0.2) is 24.3 Å². The smallest absolute Gasteiger partial charge is 0.232 e. The predicted molar refractivity (Wildman–Crippen MR) is 94.4 cm³/mol. The third-order valence-electron chi connectivity index (χ3n) is 5.55. The molecule has 1 aromatic carbocycles. The minimum absolute atomic E-state index is 0.0406. The third-order valence-corrected chi connectivity index (χ3v) is 5.55. The summed E-state index contributed by atoms with van der Waals surface area (Å²) in [5.41, 5.74) is 8.18. The standard InChI is InChI=1S/C20H30N2O/c1-19(2,18(23)22-13-5-3-4-6-14-22)17-9-7-16(8-10-17)15-20(21)11-12-20/h7-10H,3-6,11-15,21H2,1-2H3. The van der Waals surface area contributed by atoms with Crippen molar-refractivity contribution >= 4 is 5.91 Å². The SMILES string of the molecule is CC(C)(C(=O)N1CCCCCC1)c1ccc(CC2(N)CC2)cc1. The van der Waals surface area contributed by atoms with Gasteiger partial charge in [0, 0.05) is 18.6 Å². The average Bonchev–Trinajstić information content (AvgIpc) is 3.30. The molecule has 2 aliphatic rings. The summed E-state index contributed by atoms with van der Waals surface area (Å²) in [6.07, 6.45) is 7.99. The second-order valence-electron chi connectivity index (χ2n) is 8.07. The molecule has 0 spiro atoms. The topological polar surface area (TPSA) is 46.3 Å². The maximum Gasteiger partial charge on any atom is 0.232 e. The average molecular weight is 314 g/mol. The van der Waals surface area contributed by atoms with Gasteiger partial charge in [-0.2, -0.15) is 0 Å². The van der Waals surface area contributed by atoms with Crippen molar-refractivity contribution in [1.29, 1.82) is 0 Å². The van der Waals surface area contributed by atoms with Gasteiger partial charge in [-0.15, -0.1) is 0 Å². The van der Waals surface area contributed by atoms with E-state index in [1.54, 1.807) is 0 Å². The van der Waals surface area contributed by atoms with Crippen LogP contribution in [0.25, 0.3) is 0 Å². The van der Waals surface area contributed by atoms with Crippen molar-refractivity contribution in [2.75, 3.05) is 13.1 Å². The quantitative estimate of drug-likeness (QED) is 0.926. The normalized spacial score (nSPS) is 20.9. The fourth-order valence-electron chi connectivity index (χ4n) is 3.58. The molecule has 0 unspecified atom stereocenters. The van der Waals surface area contributed by atoms with Gasteiger partial charge >= 0.3 is 0 Å². The largest absolute Gasteiger partial charge is 0.342 e. The monoisotopic (exact) mass is 314 g/mol. The van der Waals surface area contributed by atoms with Crippen LogP contribution < -0.4 is 5.73 Å². The maximum atomic E-state index is 13.0. The zero-order valence-corrected chi connectivity index (χ0v) is 14.6. The molecular formula is C20H30N2O. The molecule has 2 N–H and O–H groups in total. The minimum atomic E-state index is -0.456. The van der Waals surface area contributed by atoms with Crippen molar-refractivity contribution in [2.45, 2.75) is 69.7 Å². The van der Waals surface area contributed by atoms with Gasteiger partial charge in [0.1, 0.15) is 0 Å². The Morgan fingerprint density at radius 1 is 1.09 bits per heavy atom. The Balaban J connectivity index is 1.71. The van der Waals surface area contributed by atoms with Crippen molar-refractivity contribution in [3.63, 3.8) is 0 Å². The van der Waals surface area contributed by atoms with Crippen LogP contribution >= 0.6 is 0 Å². The van der Waals surface area contributed by atoms with Crippen molar-refractivity contribution in [1.82, 2.24) is 4.90 Å². The van der Waals surface area contributed by atoms with Gasteiger partial charge in [0.05, 0.1) is 5.41 Å². The van der Waals surface area contributed by atoms with E-state index < -0.39 is 5.41 Å². The van der Waals surface area contributed by atoms with Crippen LogP contribution in [0.1, 0.15) is 63.5 Å². The highest BCUT2D eigenvalue weighted by atomic mass is 16.2. The van der Waals surface area contributed by atoms with Crippen LogP contribution in [0.5, 0.6) is 0 Å². The fraction of sp³-hybridized carbons (Fsp3) is 0.650. The molecule has 3 rings (SSSR count). The predicted octanol–water partition coefficient (Wildman–Crippen LogP) is 3.40. The number of amides is 1. The Labute approximate surface area is 140 Å². The molecule has 2 fully saturated rings. The van der Waals surface area contributed by atoms with Gasteiger partial charge in [-0.1, -0.05) is 37.1 Å². The van der Waals surface area contributed by atoms with Gasteiger partial charge in [-0.05, 0) is 57.1 Å². The number of carbonyl (C=O) groups excluding carboxylic acids is 1. The lowest BCUT2D eigenvalue weighted by atomic mass is 9.82. The zero-order chi connectivity index (χ0) is 16.5. The number of benzene rings is 1. The molecular weight excluding hydrogens is 284 g/mol. The Morgan fingerprint density at radius 2 is 1.65 bits per heavy atom. The van der Waals surface area contributed by atoms with Crippen LogP contribution in [0, 0.1) is 0 Å². The van der Waals surface area contributed by atoms with Gasteiger partial charge in [-0.3, -0.25) is 4.79 Å². The Kier molecular flexibility index (Phi) is 4.50. The van der Waals surface area contributed by atoms with Crippen molar-refractivity contribution < 1.29 is 4.79 Å². The van der Waals surface area contributed by atoms with Crippen molar-refractivity contribution in [3.05, 3.63) is 35.4 Å². The Morgan fingerprint density at radius 3 is 2.17 bits per heavy atom. The van der Waals surface area contributed by atoms with E-state index in [2.05, 4.69) is 43.0 Å². The summed E-state index contributed by atoms with van der Waals surface area (Å²) in [7, 11) is 0. The van der Waals surface area contributed by atoms with E-state index in [-0.39, 0.29) is 11.4 Å². The highest BCUT2D eigenvalue weighted by Gasteiger charge is 2.38. The zero-order valence-electron chi connectivity index (χ0n) is 14.6. The van der Waals surface area contributed by atoms with Crippen LogP contribution in [0.2, 0.25) is 0 Å². The molecule has 1 amide bonds. The summed E-state index contributed by atoms with van der Waals surface area (Å²) in [5.74, 6) is 0.268. The molecule has 0 atom stereocenters. The molecule has 0 aromatic heterocycles. The highest BCUT2D eigenvalue weighted by molar-refractivity contribution is 5.87. The van der Waals surface area contributed by atoms with Gasteiger partial charge in [0.25, 0.3) is 0 Å². The molecule has 1 saturated heterocycles. The third kappa shape index (κ3) is 3.77. The summed E-state index contributed by atoms with van der Waals surface area (Å²) in [4.78, 5) is 15.1. The number of rotatable bonds is 4. The summed E-state index contributed by atoms with van der Waals surface area (Å²) >= 11 is 0. The summed E-state index contributed by atoms with van der Waals surface area (Å²) < 4.78 is 0. The first kappa shape index (κ1) is 16.5. The molecule has 1 aromatic rings. The Hall–Kier alpha value is -1.35. The van der Waals surface area contributed by atoms with Gasteiger partial charge in [0.15, 0.2) is 0 Å². The van der Waals surface area contributed by atoms with Gasteiger partial charge < -0.3 is 10.6 Å². The lowest BCUT2D eigenvalue weighted by molar-refractivity contribution is -0.136. The number of likely N-dealkylation sites (tertiary alicyclic amines) is 1. The second kappa shape index (κ2) is 6.27. The van der Waals surface area contributed by atoms with Crippen LogP contribution in [-0.2, 0) is 16.6 Å². The number of hydrogen-bond acceptors (Lipinski definition) is 2. The van der Waals surface area contributed by atoms with E-state index in [0.717, 1.165) is 50.8 Å². The van der Waals surface area contributed by atoms with Crippen LogP contribution in [-0.4, -0.2) is 29.4 Å². The summed E-state index contributed by atoms with van der Waals surface area (Å²) in [5, 5.41) is 0. The molecule has 23 heavy (non-hydrogen) atoms. The van der Waals surface area contributed by atoms with Gasteiger partial charge in [0.2, 0.25) is 5.91 Å².